The molecule has 1 rings (SSSR count). The Morgan fingerprint density at radius 1 is 1.25 bits per heavy atom. The molecule has 0 aliphatic rings. The Morgan fingerprint density at radius 3 is 2.31 bits per heavy atom. The number of alkyl halides is 3. The Balaban J connectivity index is 3.40. The summed E-state index contributed by atoms with van der Waals surface area (Å²) >= 11 is 0. The Kier molecular flexibility index (Phi) is 3.20. The standard InChI is InChI=1S/C11H7F3N2/c1-7-4-8(2-3-15)9(6-16)5-10(7)11(12,13)14/h4-5H,2H2,1H3. The maximum Gasteiger partial charge on any atom is 0.416 e. The van der Waals surface area contributed by atoms with Crippen LogP contribution in [0.25, 0.3) is 0 Å². The van der Waals surface area contributed by atoms with Crippen molar-refractivity contribution in [1.82, 2.24) is 0 Å². The molecular weight excluding hydrogens is 217 g/mol. The predicted molar refractivity (Wildman–Crippen MR) is 50.2 cm³/mol. The lowest BCUT2D eigenvalue weighted by Gasteiger charge is -2.12. The van der Waals surface area contributed by atoms with Crippen molar-refractivity contribution < 1.29 is 13.2 Å². The number of hydrogen-bond donors (Lipinski definition) is 0. The van der Waals surface area contributed by atoms with Crippen LogP contribution in [0.15, 0.2) is 12.1 Å². The van der Waals surface area contributed by atoms with Crippen LogP contribution in [0.4, 0.5) is 13.2 Å². The van der Waals surface area contributed by atoms with E-state index in [1.807, 2.05) is 6.07 Å². The molecule has 0 spiro atoms. The zero-order valence-electron chi connectivity index (χ0n) is 8.39. The van der Waals surface area contributed by atoms with E-state index in [4.69, 9.17) is 10.5 Å². The summed E-state index contributed by atoms with van der Waals surface area (Å²) in [7, 11) is 0. The van der Waals surface area contributed by atoms with Gasteiger partial charge < -0.3 is 0 Å². The quantitative estimate of drug-likeness (QED) is 0.736. The first kappa shape index (κ1) is 12.1. The summed E-state index contributed by atoms with van der Waals surface area (Å²) in [5, 5.41) is 17.2. The zero-order valence-corrected chi connectivity index (χ0v) is 8.39. The highest BCUT2D eigenvalue weighted by Crippen LogP contribution is 2.33. The van der Waals surface area contributed by atoms with Crippen LogP contribution in [-0.4, -0.2) is 0 Å². The van der Waals surface area contributed by atoms with Crippen LogP contribution in [0, 0.1) is 29.6 Å². The van der Waals surface area contributed by atoms with Gasteiger partial charge in [-0.05, 0) is 24.1 Å². The van der Waals surface area contributed by atoms with Crippen molar-refractivity contribution >= 4 is 0 Å². The van der Waals surface area contributed by atoms with Gasteiger partial charge >= 0.3 is 6.18 Å². The molecule has 5 heteroatoms. The molecule has 1 aromatic rings. The number of nitriles is 2. The zero-order chi connectivity index (χ0) is 12.3. The van der Waals surface area contributed by atoms with Crippen molar-refractivity contribution in [2.45, 2.75) is 19.5 Å². The SMILES string of the molecule is Cc1cc(CC#N)c(C#N)cc1C(F)(F)F. The lowest BCUT2D eigenvalue weighted by molar-refractivity contribution is -0.138. The summed E-state index contributed by atoms with van der Waals surface area (Å²) in [6.45, 7) is 1.31. The molecule has 0 saturated heterocycles. The van der Waals surface area contributed by atoms with Crippen molar-refractivity contribution in [2.24, 2.45) is 0 Å². The second kappa shape index (κ2) is 4.24. The smallest absolute Gasteiger partial charge is 0.198 e. The summed E-state index contributed by atoms with van der Waals surface area (Å²) in [6, 6.07) is 5.52. The summed E-state index contributed by atoms with van der Waals surface area (Å²) in [6.07, 6.45) is -4.54. The van der Waals surface area contributed by atoms with Crippen LogP contribution in [0.3, 0.4) is 0 Å². The Hall–Kier alpha value is -2.01. The van der Waals surface area contributed by atoms with Crippen LogP contribution in [0.2, 0.25) is 0 Å². The maximum absolute atomic E-state index is 12.5. The molecule has 0 heterocycles. The van der Waals surface area contributed by atoms with Crippen molar-refractivity contribution in [1.29, 1.82) is 10.5 Å². The van der Waals surface area contributed by atoms with E-state index in [-0.39, 0.29) is 17.5 Å². The molecule has 1 aromatic carbocycles. The van der Waals surface area contributed by atoms with Crippen LogP contribution >= 0.6 is 0 Å². The van der Waals surface area contributed by atoms with E-state index < -0.39 is 11.7 Å². The minimum Gasteiger partial charge on any atom is -0.198 e. The molecule has 0 aromatic heterocycles. The fourth-order valence-electron chi connectivity index (χ4n) is 1.41. The minimum absolute atomic E-state index is 0.0248. The van der Waals surface area contributed by atoms with Gasteiger partial charge in [-0.15, -0.1) is 0 Å². The lowest BCUT2D eigenvalue weighted by Crippen LogP contribution is -2.09. The summed E-state index contributed by atoms with van der Waals surface area (Å²) in [5.41, 5.74) is -0.572. The van der Waals surface area contributed by atoms with Crippen LogP contribution in [0.1, 0.15) is 22.3 Å². The van der Waals surface area contributed by atoms with Gasteiger partial charge in [-0.3, -0.25) is 0 Å². The Labute approximate surface area is 90.5 Å². The van der Waals surface area contributed by atoms with Crippen molar-refractivity contribution in [2.75, 3.05) is 0 Å². The summed E-state index contributed by atoms with van der Waals surface area (Å²) < 4.78 is 37.5. The fourth-order valence-corrected chi connectivity index (χ4v) is 1.41. The predicted octanol–water partition coefficient (Wildman–Crippen LogP) is 2.95. The first-order chi connectivity index (χ1) is 7.40. The molecule has 2 nitrogen and oxygen atoms in total. The topological polar surface area (TPSA) is 47.6 Å². The van der Waals surface area contributed by atoms with Gasteiger partial charge in [0.15, 0.2) is 0 Å². The van der Waals surface area contributed by atoms with Crippen LogP contribution < -0.4 is 0 Å². The van der Waals surface area contributed by atoms with Gasteiger partial charge in [0.2, 0.25) is 0 Å². The van der Waals surface area contributed by atoms with Crippen molar-refractivity contribution in [3.05, 3.63) is 34.4 Å². The van der Waals surface area contributed by atoms with Gasteiger partial charge in [-0.2, -0.15) is 23.7 Å². The van der Waals surface area contributed by atoms with Crippen molar-refractivity contribution in [3.8, 4) is 12.1 Å². The highest BCUT2D eigenvalue weighted by atomic mass is 19.4. The molecule has 0 unspecified atom stereocenters. The molecule has 0 radical (unpaired) electrons. The van der Waals surface area contributed by atoms with Gasteiger partial charge in [-0.1, -0.05) is 6.07 Å². The third kappa shape index (κ3) is 2.32. The second-order valence-electron chi connectivity index (χ2n) is 3.27. The average Bonchev–Trinajstić information content (AvgIpc) is 2.16. The van der Waals surface area contributed by atoms with Crippen molar-refractivity contribution in [3.63, 3.8) is 0 Å². The number of aryl methyl sites for hydroxylation is 1. The van der Waals surface area contributed by atoms with E-state index in [1.54, 1.807) is 6.07 Å². The number of hydrogen-bond acceptors (Lipinski definition) is 2. The van der Waals surface area contributed by atoms with Gasteiger partial charge in [0.05, 0.1) is 29.7 Å². The van der Waals surface area contributed by atoms with Gasteiger partial charge in [-0.25, -0.2) is 0 Å². The Bertz CT molecular complexity index is 490. The van der Waals surface area contributed by atoms with E-state index in [0.29, 0.717) is 5.56 Å². The largest absolute Gasteiger partial charge is 0.416 e. The number of benzene rings is 1. The monoisotopic (exact) mass is 224 g/mol. The summed E-state index contributed by atoms with van der Waals surface area (Å²) in [4.78, 5) is 0. The molecule has 0 fully saturated rings. The number of halogens is 3. The minimum atomic E-state index is -4.47. The molecule has 0 aliphatic carbocycles. The summed E-state index contributed by atoms with van der Waals surface area (Å²) in [5.74, 6) is 0. The van der Waals surface area contributed by atoms with E-state index in [2.05, 4.69) is 0 Å². The molecule has 0 N–H and O–H groups in total. The van der Waals surface area contributed by atoms with Gasteiger partial charge in [0.1, 0.15) is 0 Å². The molecule has 0 bridgehead atoms. The molecular formula is C11H7F3N2. The van der Waals surface area contributed by atoms with E-state index >= 15 is 0 Å². The molecule has 82 valence electrons. The maximum atomic E-state index is 12.5. The van der Waals surface area contributed by atoms with E-state index in [0.717, 1.165) is 6.07 Å². The normalized spacial score (nSPS) is 10.6. The molecule has 0 saturated carbocycles. The highest BCUT2D eigenvalue weighted by Gasteiger charge is 2.33. The average molecular weight is 224 g/mol. The molecule has 0 aliphatic heterocycles. The molecule has 16 heavy (non-hydrogen) atoms. The first-order valence-corrected chi connectivity index (χ1v) is 4.38. The number of rotatable bonds is 1. The van der Waals surface area contributed by atoms with Crippen LogP contribution in [0.5, 0.6) is 0 Å². The van der Waals surface area contributed by atoms with E-state index in [9.17, 15) is 13.2 Å². The Morgan fingerprint density at radius 2 is 1.88 bits per heavy atom. The number of nitrogens with zero attached hydrogens (tertiary/aromatic N) is 2. The van der Waals surface area contributed by atoms with Gasteiger partial charge in [0, 0.05) is 0 Å². The first-order valence-electron chi connectivity index (χ1n) is 4.38. The molecule has 0 atom stereocenters. The third-order valence-electron chi connectivity index (χ3n) is 2.15. The van der Waals surface area contributed by atoms with Gasteiger partial charge in [0.25, 0.3) is 0 Å². The lowest BCUT2D eigenvalue weighted by atomic mass is 9.98. The van der Waals surface area contributed by atoms with Crippen LogP contribution in [-0.2, 0) is 12.6 Å². The van der Waals surface area contributed by atoms with E-state index in [1.165, 1.54) is 13.0 Å². The second-order valence-corrected chi connectivity index (χ2v) is 3.27. The third-order valence-corrected chi connectivity index (χ3v) is 2.15. The molecule has 0 amide bonds. The fraction of sp³-hybridized carbons (Fsp3) is 0.273. The highest BCUT2D eigenvalue weighted by molar-refractivity contribution is 5.46.